The molecule has 1 aliphatic rings. The van der Waals surface area contributed by atoms with Crippen molar-refractivity contribution in [2.45, 2.75) is 51.2 Å². The van der Waals surface area contributed by atoms with Crippen molar-refractivity contribution in [2.24, 2.45) is 0 Å². The van der Waals surface area contributed by atoms with Crippen LogP contribution in [0.4, 0.5) is 0 Å². The molecular formula is C11H23N2ORfS-. The minimum atomic E-state index is -0.389. The van der Waals surface area contributed by atoms with Gasteiger partial charge >= 0.3 is 0 Å². The first-order valence-electron chi connectivity index (χ1n) is 5.18. The van der Waals surface area contributed by atoms with Gasteiger partial charge in [-0.3, -0.25) is 10.1 Å². The Labute approximate surface area is 98.8 Å². The first-order valence-corrected chi connectivity index (χ1v) is 5.82. The van der Waals surface area contributed by atoms with E-state index in [9.17, 15) is 4.79 Å². The predicted molar refractivity (Wildman–Crippen MR) is 67.9 cm³/mol. The van der Waals surface area contributed by atoms with E-state index in [1.807, 2.05) is 13.8 Å². The molecule has 0 aliphatic carbocycles. The summed E-state index contributed by atoms with van der Waals surface area (Å²) in [6.07, 6.45) is 2.67. The van der Waals surface area contributed by atoms with Crippen molar-refractivity contribution in [1.82, 2.24) is 10.6 Å². The monoisotopic (exact) mass is 498 g/mol. The van der Waals surface area contributed by atoms with Crippen LogP contribution >= 0.6 is 12.6 Å². The van der Waals surface area contributed by atoms with Gasteiger partial charge in [0.15, 0.2) is 0 Å². The van der Waals surface area contributed by atoms with Gasteiger partial charge in [0, 0.05) is 0 Å². The van der Waals surface area contributed by atoms with Crippen molar-refractivity contribution in [2.75, 3.05) is 5.75 Å². The van der Waals surface area contributed by atoms with Gasteiger partial charge in [0.05, 0.1) is 5.66 Å². The second kappa shape index (κ2) is 5.75. The van der Waals surface area contributed by atoms with Crippen molar-refractivity contribution in [3.63, 3.8) is 0 Å². The minimum Gasteiger partial charge on any atom is -0.358 e. The summed E-state index contributed by atoms with van der Waals surface area (Å²) < 4.78 is 0. The minimum absolute atomic E-state index is 0. The summed E-state index contributed by atoms with van der Waals surface area (Å²) in [5.74, 6) is 0.856. The molecule has 5 heteroatoms. The molecule has 0 radical (unpaired) electrons. The zero-order chi connectivity index (χ0) is 10.8. The third-order valence-corrected chi connectivity index (χ3v) is 2.85. The third kappa shape index (κ3) is 3.14. The van der Waals surface area contributed by atoms with E-state index in [4.69, 9.17) is 0 Å². The smallest absolute Gasteiger partial charge is 0.241 e. The van der Waals surface area contributed by atoms with Gasteiger partial charge in [-0.25, -0.2) is 0 Å². The fraction of sp³-hybridized carbons (Fsp3) is 0.818. The van der Waals surface area contributed by atoms with E-state index in [1.165, 1.54) is 0 Å². The normalized spacial score (nSPS) is 26.6. The maximum Gasteiger partial charge on any atom is 0.241 e. The molecule has 16 heavy (non-hydrogen) atoms. The second-order valence-corrected chi connectivity index (χ2v) is 4.96. The van der Waals surface area contributed by atoms with E-state index in [2.05, 4.69) is 30.2 Å². The molecular weight excluding hydrogens is 475 g/mol. The Bertz CT molecular complexity index is 228. The topological polar surface area (TPSA) is 41.1 Å². The van der Waals surface area contributed by atoms with Crippen molar-refractivity contribution >= 4 is 18.5 Å². The van der Waals surface area contributed by atoms with Gasteiger partial charge in [0.25, 0.3) is 0 Å². The van der Waals surface area contributed by atoms with Crippen LogP contribution in [-0.2, 0) is 4.79 Å². The van der Waals surface area contributed by atoms with Crippen LogP contribution in [0.2, 0.25) is 0 Å². The first kappa shape index (κ1) is 17.2. The van der Waals surface area contributed by atoms with E-state index in [1.54, 1.807) is 0 Å². The maximum absolute atomic E-state index is 11.9. The van der Waals surface area contributed by atoms with Gasteiger partial charge in [-0.1, -0.05) is 13.3 Å². The molecule has 1 saturated heterocycles. The largest absolute Gasteiger partial charge is 0.358 e. The van der Waals surface area contributed by atoms with Crippen molar-refractivity contribution in [3.05, 3.63) is 7.43 Å². The third-order valence-electron chi connectivity index (χ3n) is 2.63. The Kier molecular flexibility index (Phi) is 6.18. The van der Waals surface area contributed by atoms with Crippen LogP contribution in [0.15, 0.2) is 0 Å². The number of hydrogen-bond donors (Lipinski definition) is 3. The molecule has 1 heterocycles. The SMILES string of the molecule is CCCC1(CCS)NC(C)(C)NC1=O.[CH3-].[Rf]. The number of rotatable bonds is 4. The van der Waals surface area contributed by atoms with Crippen LogP contribution in [0.25, 0.3) is 0 Å². The number of carbonyl (C=O) groups excluding carboxylic acids is 1. The molecule has 1 amide bonds. The van der Waals surface area contributed by atoms with Crippen molar-refractivity contribution in [1.29, 1.82) is 0 Å². The molecule has 92 valence electrons. The van der Waals surface area contributed by atoms with E-state index in [0.29, 0.717) is 0 Å². The van der Waals surface area contributed by atoms with Crippen LogP contribution < -0.4 is 10.6 Å². The molecule has 1 unspecified atom stereocenters. The number of hydrogen-bond acceptors (Lipinski definition) is 3. The van der Waals surface area contributed by atoms with Crippen LogP contribution in [0.5, 0.6) is 0 Å². The molecule has 2 N–H and O–H groups in total. The first-order chi connectivity index (χ1) is 6.46. The summed E-state index contributed by atoms with van der Waals surface area (Å²) >= 11 is 4.22. The zero-order valence-corrected chi connectivity index (χ0v) is 18.2. The number of nitrogens with one attached hydrogen (secondary N) is 2. The molecule has 0 spiro atoms. The Morgan fingerprint density at radius 2 is 1.88 bits per heavy atom. The van der Waals surface area contributed by atoms with Crippen molar-refractivity contribution in [3.8, 4) is 0 Å². The van der Waals surface area contributed by atoms with E-state index >= 15 is 0 Å². The molecule has 3 nitrogen and oxygen atoms in total. The van der Waals surface area contributed by atoms with Crippen LogP contribution in [0, 0.1) is 7.43 Å². The van der Waals surface area contributed by atoms with Crippen LogP contribution in [-0.4, -0.2) is 22.9 Å². The number of carbonyl (C=O) groups is 1. The molecule has 1 fully saturated rings. The van der Waals surface area contributed by atoms with E-state index in [0.717, 1.165) is 25.0 Å². The summed E-state index contributed by atoms with van der Waals surface area (Å²) in [7, 11) is 0. The summed E-state index contributed by atoms with van der Waals surface area (Å²) in [4.78, 5) is 11.9. The fourth-order valence-electron chi connectivity index (χ4n) is 2.18. The van der Waals surface area contributed by atoms with Gasteiger partial charge < -0.3 is 12.7 Å². The average Bonchev–Trinajstić information content (AvgIpc) is 2.23. The maximum atomic E-state index is 11.9. The summed E-state index contributed by atoms with van der Waals surface area (Å²) in [5.41, 5.74) is -0.671. The molecule has 1 atom stereocenters. The zero-order valence-electron chi connectivity index (χ0n) is 10.9. The molecule has 0 bridgehead atoms. The molecule has 0 aromatic heterocycles. The van der Waals surface area contributed by atoms with Gasteiger partial charge in [-0.05, 0) is 32.4 Å². The van der Waals surface area contributed by atoms with Crippen LogP contribution in [0.1, 0.15) is 40.0 Å². The van der Waals surface area contributed by atoms with Gasteiger partial charge in [0.1, 0.15) is 5.54 Å². The van der Waals surface area contributed by atoms with Crippen LogP contribution in [0.3, 0.4) is 0 Å². The number of amides is 1. The number of thiol groups is 1. The van der Waals surface area contributed by atoms with E-state index in [-0.39, 0.29) is 24.5 Å². The van der Waals surface area contributed by atoms with Crippen molar-refractivity contribution < 1.29 is 4.79 Å². The average molecular weight is 498 g/mol. The summed E-state index contributed by atoms with van der Waals surface area (Å²) in [5, 5.41) is 6.36. The van der Waals surface area contributed by atoms with Gasteiger partial charge in [0.2, 0.25) is 5.91 Å². The second-order valence-electron chi connectivity index (χ2n) is 4.51. The summed E-state index contributed by atoms with van der Waals surface area (Å²) in [6, 6.07) is 0. The molecule has 1 aliphatic heterocycles. The molecule has 0 saturated carbocycles. The Morgan fingerprint density at radius 1 is 1.31 bits per heavy atom. The van der Waals surface area contributed by atoms with Gasteiger partial charge in [-0.15, -0.1) is 0 Å². The summed E-state index contributed by atoms with van der Waals surface area (Å²) in [6.45, 7) is 6.07. The molecule has 0 aromatic carbocycles. The van der Waals surface area contributed by atoms with E-state index < -0.39 is 0 Å². The molecule has 1 rings (SSSR count). The predicted octanol–water partition coefficient (Wildman–Crippen LogP) is 1.75. The Hall–Kier alpha value is -1.22. The fourth-order valence-corrected chi connectivity index (χ4v) is 2.57. The standard InChI is InChI=1S/C10H20N2OS.CH3.Rf/c1-4-5-10(6-7-14)8(13)11-9(2,3)12-10;;/h12,14H,4-7H2,1-3H3,(H,11,13);1H3;/q;-1;. The quantitative estimate of drug-likeness (QED) is 0.409. The Morgan fingerprint density at radius 3 is 2.19 bits per heavy atom. The Balaban J connectivity index is 0. The molecule has 0 aromatic rings. The van der Waals surface area contributed by atoms with Gasteiger partial charge in [-0.2, -0.15) is 12.6 Å².